The fraction of sp³-hybridized carbons (Fsp3) is 1.00. The molecule has 3 atom stereocenters. The van der Waals surface area contributed by atoms with Crippen molar-refractivity contribution in [3.05, 3.63) is 0 Å². The van der Waals surface area contributed by atoms with E-state index < -0.39 is 0 Å². The van der Waals surface area contributed by atoms with Crippen LogP contribution in [0.4, 0.5) is 0 Å². The van der Waals surface area contributed by atoms with E-state index in [9.17, 15) is 0 Å². The Morgan fingerprint density at radius 2 is 2.09 bits per heavy atom. The highest BCUT2D eigenvalue weighted by atomic mass is 16.3. The Hall–Kier alpha value is -0.0800. The van der Waals surface area contributed by atoms with Crippen molar-refractivity contribution in [2.45, 2.75) is 51.2 Å². The largest absolute Gasteiger partial charge is 0.393 e. The third-order valence-electron chi connectivity index (χ3n) is 2.61. The molecule has 0 amide bonds. The Labute approximate surface area is 68.8 Å². The van der Waals surface area contributed by atoms with E-state index in [1.807, 2.05) is 6.92 Å². The maximum atomic E-state index is 9.17. The Balaban J connectivity index is 2.29. The highest BCUT2D eigenvalue weighted by molar-refractivity contribution is 4.78. The second-order valence-corrected chi connectivity index (χ2v) is 3.79. The Kier molecular flexibility index (Phi) is 3.34. The summed E-state index contributed by atoms with van der Waals surface area (Å²) in [5, 5.41) is 9.17. The lowest BCUT2D eigenvalue weighted by Crippen LogP contribution is -2.34. The van der Waals surface area contributed by atoms with Crippen molar-refractivity contribution in [2.24, 2.45) is 11.7 Å². The molecule has 0 saturated heterocycles. The molecule has 0 aromatic rings. The van der Waals surface area contributed by atoms with Gasteiger partial charge in [0.25, 0.3) is 0 Å². The minimum atomic E-state index is -0.177. The van der Waals surface area contributed by atoms with E-state index in [4.69, 9.17) is 10.8 Å². The predicted octanol–water partition coefficient (Wildman–Crippen LogP) is 1.27. The second kappa shape index (κ2) is 4.07. The van der Waals surface area contributed by atoms with Crippen molar-refractivity contribution < 1.29 is 5.11 Å². The first kappa shape index (κ1) is 9.01. The van der Waals surface area contributed by atoms with Crippen molar-refractivity contribution in [1.82, 2.24) is 0 Å². The van der Waals surface area contributed by atoms with Crippen molar-refractivity contribution >= 4 is 0 Å². The van der Waals surface area contributed by atoms with Crippen LogP contribution in [0.25, 0.3) is 0 Å². The summed E-state index contributed by atoms with van der Waals surface area (Å²) < 4.78 is 0. The van der Waals surface area contributed by atoms with Gasteiger partial charge in [0, 0.05) is 6.04 Å². The summed E-state index contributed by atoms with van der Waals surface area (Å²) in [6.45, 7) is 1.85. The van der Waals surface area contributed by atoms with Gasteiger partial charge in [-0.1, -0.05) is 12.8 Å². The maximum absolute atomic E-state index is 9.17. The van der Waals surface area contributed by atoms with Crippen LogP contribution in [0, 0.1) is 5.92 Å². The van der Waals surface area contributed by atoms with Gasteiger partial charge in [-0.25, -0.2) is 0 Å². The molecule has 1 saturated carbocycles. The minimum absolute atomic E-state index is 0.177. The van der Waals surface area contributed by atoms with Gasteiger partial charge in [0.15, 0.2) is 0 Å². The van der Waals surface area contributed by atoms with Crippen LogP contribution in [-0.4, -0.2) is 17.3 Å². The van der Waals surface area contributed by atoms with E-state index >= 15 is 0 Å². The summed E-state index contributed by atoms with van der Waals surface area (Å²) in [5.41, 5.74) is 5.92. The molecule has 1 rings (SSSR count). The molecular weight excluding hydrogens is 138 g/mol. The van der Waals surface area contributed by atoms with Crippen LogP contribution in [-0.2, 0) is 0 Å². The van der Waals surface area contributed by atoms with Gasteiger partial charge in [0.05, 0.1) is 6.10 Å². The molecular formula is C9H19NO. The van der Waals surface area contributed by atoms with Crippen molar-refractivity contribution in [1.29, 1.82) is 0 Å². The predicted molar refractivity (Wildman–Crippen MR) is 46.2 cm³/mol. The number of nitrogens with two attached hydrogens (primary N) is 1. The highest BCUT2D eigenvalue weighted by Crippen LogP contribution is 2.26. The van der Waals surface area contributed by atoms with Crippen molar-refractivity contribution in [2.75, 3.05) is 0 Å². The summed E-state index contributed by atoms with van der Waals surface area (Å²) in [7, 11) is 0. The summed E-state index contributed by atoms with van der Waals surface area (Å²) in [4.78, 5) is 0. The van der Waals surface area contributed by atoms with E-state index in [1.54, 1.807) is 0 Å². The lowest BCUT2D eigenvalue weighted by atomic mass is 9.82. The van der Waals surface area contributed by atoms with E-state index in [2.05, 4.69) is 0 Å². The van der Waals surface area contributed by atoms with Crippen LogP contribution in [0.2, 0.25) is 0 Å². The van der Waals surface area contributed by atoms with Gasteiger partial charge in [-0.3, -0.25) is 0 Å². The Morgan fingerprint density at radius 1 is 1.45 bits per heavy atom. The molecule has 11 heavy (non-hydrogen) atoms. The average Bonchev–Trinajstić information content (AvgIpc) is 1.93. The van der Waals surface area contributed by atoms with Gasteiger partial charge in [-0.2, -0.15) is 0 Å². The number of rotatable bonds is 2. The first-order valence-corrected chi connectivity index (χ1v) is 4.64. The first-order chi connectivity index (χ1) is 5.20. The molecule has 66 valence electrons. The molecule has 0 bridgehead atoms. The van der Waals surface area contributed by atoms with Crippen LogP contribution >= 0.6 is 0 Å². The molecule has 0 aromatic heterocycles. The molecule has 2 heteroatoms. The topological polar surface area (TPSA) is 46.2 Å². The zero-order valence-corrected chi connectivity index (χ0v) is 7.29. The summed E-state index contributed by atoms with van der Waals surface area (Å²) >= 11 is 0. The van der Waals surface area contributed by atoms with Gasteiger partial charge < -0.3 is 10.8 Å². The molecule has 0 heterocycles. The van der Waals surface area contributed by atoms with Crippen LogP contribution in [0.1, 0.15) is 39.0 Å². The van der Waals surface area contributed by atoms with E-state index in [1.165, 1.54) is 19.3 Å². The van der Waals surface area contributed by atoms with Crippen molar-refractivity contribution in [3.63, 3.8) is 0 Å². The molecule has 1 aliphatic rings. The average molecular weight is 157 g/mol. The summed E-state index contributed by atoms with van der Waals surface area (Å²) in [6, 6.07) is 0.346. The number of aliphatic hydroxyl groups excluding tert-OH is 1. The second-order valence-electron chi connectivity index (χ2n) is 3.79. The molecule has 0 spiro atoms. The molecule has 2 nitrogen and oxygen atoms in total. The monoisotopic (exact) mass is 157 g/mol. The van der Waals surface area contributed by atoms with Gasteiger partial charge in [-0.15, -0.1) is 0 Å². The molecule has 0 radical (unpaired) electrons. The SMILES string of the molecule is CC(O)CC1CCCCC1N. The van der Waals surface area contributed by atoms with Gasteiger partial charge in [-0.05, 0) is 32.1 Å². The summed E-state index contributed by atoms with van der Waals surface area (Å²) in [6.07, 6.45) is 5.65. The zero-order valence-electron chi connectivity index (χ0n) is 7.29. The van der Waals surface area contributed by atoms with Crippen LogP contribution < -0.4 is 5.73 Å². The fourth-order valence-corrected chi connectivity index (χ4v) is 1.97. The van der Waals surface area contributed by atoms with E-state index in [0.717, 1.165) is 12.8 Å². The smallest absolute Gasteiger partial charge is 0.0515 e. The third kappa shape index (κ3) is 2.80. The summed E-state index contributed by atoms with van der Waals surface area (Å²) in [5.74, 6) is 0.573. The molecule has 1 fully saturated rings. The fourth-order valence-electron chi connectivity index (χ4n) is 1.97. The highest BCUT2D eigenvalue weighted by Gasteiger charge is 2.22. The molecule has 0 aromatic carbocycles. The maximum Gasteiger partial charge on any atom is 0.0515 e. The molecule has 1 aliphatic carbocycles. The van der Waals surface area contributed by atoms with Crippen LogP contribution in [0.15, 0.2) is 0 Å². The molecule has 3 N–H and O–H groups in total. The van der Waals surface area contributed by atoms with Gasteiger partial charge in [0.2, 0.25) is 0 Å². The minimum Gasteiger partial charge on any atom is -0.393 e. The van der Waals surface area contributed by atoms with Gasteiger partial charge in [0.1, 0.15) is 0 Å². The van der Waals surface area contributed by atoms with E-state index in [0.29, 0.717) is 12.0 Å². The lowest BCUT2D eigenvalue weighted by molar-refractivity contribution is 0.138. The Bertz CT molecular complexity index is 114. The first-order valence-electron chi connectivity index (χ1n) is 4.64. The number of hydrogen-bond donors (Lipinski definition) is 2. The van der Waals surface area contributed by atoms with E-state index in [-0.39, 0.29) is 6.10 Å². The number of hydrogen-bond acceptors (Lipinski definition) is 2. The van der Waals surface area contributed by atoms with Crippen LogP contribution in [0.3, 0.4) is 0 Å². The standard InChI is InChI=1S/C9H19NO/c1-7(11)6-8-4-2-3-5-9(8)10/h7-9,11H,2-6,10H2,1H3. The lowest BCUT2D eigenvalue weighted by Gasteiger charge is -2.29. The zero-order chi connectivity index (χ0) is 8.27. The molecule has 3 unspecified atom stereocenters. The van der Waals surface area contributed by atoms with Crippen molar-refractivity contribution in [3.8, 4) is 0 Å². The Morgan fingerprint density at radius 3 is 2.64 bits per heavy atom. The third-order valence-corrected chi connectivity index (χ3v) is 2.61. The molecule has 0 aliphatic heterocycles. The number of aliphatic hydroxyl groups is 1. The normalized spacial score (nSPS) is 35.2. The van der Waals surface area contributed by atoms with Gasteiger partial charge >= 0.3 is 0 Å². The quantitative estimate of drug-likeness (QED) is 0.634. The van der Waals surface area contributed by atoms with Crippen LogP contribution in [0.5, 0.6) is 0 Å².